The number of nitrogens with zero attached hydrogens (tertiary/aromatic N) is 1. The van der Waals surface area contributed by atoms with Crippen LogP contribution in [0.1, 0.15) is 52.4 Å². The molecule has 0 bridgehead atoms. The van der Waals surface area contributed by atoms with Crippen molar-refractivity contribution in [3.63, 3.8) is 0 Å². The average Bonchev–Trinajstić information content (AvgIpc) is 2.91. The van der Waals surface area contributed by atoms with Crippen LogP contribution in [0.2, 0.25) is 0 Å². The molecular weight excluding hydrogens is 230 g/mol. The van der Waals surface area contributed by atoms with Crippen LogP contribution in [0.5, 0.6) is 0 Å². The predicted molar refractivity (Wildman–Crippen MR) is 84.2 cm³/mol. The second-order valence-electron chi connectivity index (χ2n) is 6.75. The number of allylic oxidation sites excluding steroid dienone is 1. The van der Waals surface area contributed by atoms with Crippen LogP contribution in [0, 0.1) is 17.8 Å². The summed E-state index contributed by atoms with van der Waals surface area (Å²) >= 11 is 0. The van der Waals surface area contributed by atoms with E-state index in [1.807, 2.05) is 0 Å². The van der Waals surface area contributed by atoms with Crippen molar-refractivity contribution in [1.29, 1.82) is 0 Å². The molecule has 0 unspecified atom stereocenters. The molecule has 1 saturated carbocycles. The third-order valence-electron chi connectivity index (χ3n) is 5.38. The molecule has 0 N–H and O–H groups in total. The number of hydrogen-bond acceptors (Lipinski definition) is 1. The van der Waals surface area contributed by atoms with E-state index in [-0.39, 0.29) is 0 Å². The molecule has 0 amide bonds. The minimum Gasteiger partial charge on any atom is -0.299 e. The molecule has 0 aromatic carbocycles. The summed E-state index contributed by atoms with van der Waals surface area (Å²) in [5, 5.41) is 0. The van der Waals surface area contributed by atoms with Crippen molar-refractivity contribution in [3.8, 4) is 0 Å². The van der Waals surface area contributed by atoms with Gasteiger partial charge in [-0.1, -0.05) is 38.2 Å². The maximum atomic E-state index is 4.42. The van der Waals surface area contributed by atoms with Gasteiger partial charge in [0.2, 0.25) is 0 Å². The molecular formula is C18H31N. The van der Waals surface area contributed by atoms with Crippen LogP contribution >= 0.6 is 0 Å². The molecule has 1 nitrogen and oxygen atoms in total. The monoisotopic (exact) mass is 261 g/mol. The van der Waals surface area contributed by atoms with E-state index in [0.29, 0.717) is 0 Å². The summed E-state index contributed by atoms with van der Waals surface area (Å²) < 4.78 is 0. The fraction of sp³-hybridized carbons (Fsp3) is 0.778. The SMILES string of the molecule is C=C(CN1CCCC1)[C@@H]1CC[C@H](C)[C@H](C(=C)CC)C1. The lowest BCUT2D eigenvalue weighted by Gasteiger charge is -2.37. The van der Waals surface area contributed by atoms with Crippen molar-refractivity contribution >= 4 is 0 Å². The van der Waals surface area contributed by atoms with Gasteiger partial charge in [0.05, 0.1) is 0 Å². The van der Waals surface area contributed by atoms with Crippen LogP contribution in [0.15, 0.2) is 24.3 Å². The third-order valence-corrected chi connectivity index (χ3v) is 5.38. The normalized spacial score (nSPS) is 32.4. The van der Waals surface area contributed by atoms with Crippen LogP contribution in [0.4, 0.5) is 0 Å². The second-order valence-corrected chi connectivity index (χ2v) is 6.75. The van der Waals surface area contributed by atoms with Crippen LogP contribution in [0.3, 0.4) is 0 Å². The zero-order valence-electron chi connectivity index (χ0n) is 13.0. The molecule has 0 aromatic rings. The first kappa shape index (κ1) is 14.8. The van der Waals surface area contributed by atoms with Crippen LogP contribution in [0.25, 0.3) is 0 Å². The van der Waals surface area contributed by atoms with Crippen molar-refractivity contribution < 1.29 is 0 Å². The van der Waals surface area contributed by atoms with Crippen molar-refractivity contribution in [2.75, 3.05) is 19.6 Å². The molecule has 19 heavy (non-hydrogen) atoms. The highest BCUT2D eigenvalue weighted by Crippen LogP contribution is 2.41. The van der Waals surface area contributed by atoms with Gasteiger partial charge in [-0.3, -0.25) is 4.90 Å². The van der Waals surface area contributed by atoms with Gasteiger partial charge in [-0.05, 0) is 69.4 Å². The Balaban J connectivity index is 1.89. The summed E-state index contributed by atoms with van der Waals surface area (Å²) in [5.41, 5.74) is 2.95. The molecule has 1 aliphatic carbocycles. The summed E-state index contributed by atoms with van der Waals surface area (Å²) in [7, 11) is 0. The lowest BCUT2D eigenvalue weighted by molar-refractivity contribution is 0.230. The van der Waals surface area contributed by atoms with Gasteiger partial charge in [0, 0.05) is 6.54 Å². The summed E-state index contributed by atoms with van der Waals surface area (Å²) in [4.78, 5) is 2.59. The minimum absolute atomic E-state index is 0.735. The molecule has 1 heterocycles. The summed E-state index contributed by atoms with van der Waals surface area (Å²) in [6.45, 7) is 17.1. The van der Waals surface area contributed by atoms with Crippen LogP contribution in [-0.2, 0) is 0 Å². The number of likely N-dealkylation sites (tertiary alicyclic amines) is 1. The Morgan fingerprint density at radius 3 is 2.42 bits per heavy atom. The lowest BCUT2D eigenvalue weighted by Crippen LogP contribution is -2.29. The quantitative estimate of drug-likeness (QED) is 0.651. The summed E-state index contributed by atoms with van der Waals surface area (Å²) in [6, 6.07) is 0. The lowest BCUT2D eigenvalue weighted by atomic mass is 9.69. The van der Waals surface area contributed by atoms with E-state index < -0.39 is 0 Å². The molecule has 2 fully saturated rings. The van der Waals surface area contributed by atoms with E-state index in [4.69, 9.17) is 0 Å². The molecule has 1 aliphatic heterocycles. The molecule has 3 atom stereocenters. The highest BCUT2D eigenvalue weighted by Gasteiger charge is 2.30. The van der Waals surface area contributed by atoms with Gasteiger partial charge in [0.15, 0.2) is 0 Å². The van der Waals surface area contributed by atoms with Crippen molar-refractivity contribution in [1.82, 2.24) is 4.90 Å². The highest BCUT2D eigenvalue weighted by atomic mass is 15.1. The van der Waals surface area contributed by atoms with E-state index in [1.54, 1.807) is 0 Å². The summed E-state index contributed by atoms with van der Waals surface area (Å²) in [5.74, 6) is 2.30. The minimum atomic E-state index is 0.735. The van der Waals surface area contributed by atoms with E-state index in [0.717, 1.165) is 30.7 Å². The number of hydrogen-bond donors (Lipinski definition) is 0. The van der Waals surface area contributed by atoms with Gasteiger partial charge < -0.3 is 0 Å². The maximum absolute atomic E-state index is 4.42. The topological polar surface area (TPSA) is 3.24 Å². The van der Waals surface area contributed by atoms with Gasteiger partial charge in [0.25, 0.3) is 0 Å². The van der Waals surface area contributed by atoms with Crippen LogP contribution in [-0.4, -0.2) is 24.5 Å². The first-order valence-corrected chi connectivity index (χ1v) is 8.19. The molecule has 1 heteroatoms. The smallest absolute Gasteiger partial charge is 0.0192 e. The Labute approximate surface area is 119 Å². The first-order chi connectivity index (χ1) is 9.11. The fourth-order valence-corrected chi connectivity index (χ4v) is 3.88. The first-order valence-electron chi connectivity index (χ1n) is 8.19. The third kappa shape index (κ3) is 3.72. The van der Waals surface area contributed by atoms with Crippen LogP contribution < -0.4 is 0 Å². The van der Waals surface area contributed by atoms with Gasteiger partial charge in [-0.15, -0.1) is 0 Å². The van der Waals surface area contributed by atoms with Crippen molar-refractivity contribution in [2.45, 2.75) is 52.4 Å². The molecule has 0 radical (unpaired) electrons. The Morgan fingerprint density at radius 2 is 1.79 bits per heavy atom. The van der Waals surface area contributed by atoms with Crippen molar-refractivity contribution in [3.05, 3.63) is 24.3 Å². The Morgan fingerprint density at radius 1 is 1.11 bits per heavy atom. The van der Waals surface area contributed by atoms with Gasteiger partial charge in [-0.2, -0.15) is 0 Å². The predicted octanol–water partition coefficient (Wildman–Crippen LogP) is 4.66. The van der Waals surface area contributed by atoms with E-state index in [1.165, 1.54) is 56.3 Å². The highest BCUT2D eigenvalue weighted by molar-refractivity contribution is 5.11. The van der Waals surface area contributed by atoms with E-state index in [2.05, 4.69) is 31.9 Å². The van der Waals surface area contributed by atoms with Crippen molar-refractivity contribution in [2.24, 2.45) is 17.8 Å². The summed E-state index contributed by atoms with van der Waals surface area (Å²) in [6.07, 6.45) is 7.91. The Hall–Kier alpha value is -0.560. The Bertz CT molecular complexity index is 325. The fourth-order valence-electron chi connectivity index (χ4n) is 3.88. The maximum Gasteiger partial charge on any atom is 0.0192 e. The second kappa shape index (κ2) is 6.74. The van der Waals surface area contributed by atoms with E-state index in [9.17, 15) is 0 Å². The molecule has 0 aromatic heterocycles. The van der Waals surface area contributed by atoms with Gasteiger partial charge >= 0.3 is 0 Å². The standard InChI is InChI=1S/C18H31N/c1-5-14(2)18-12-17(9-8-15(18)3)16(4)13-19-10-6-7-11-19/h15,17-18H,2,4-13H2,1,3H3/t15-,17+,18-/m0/s1. The molecule has 0 spiro atoms. The van der Waals surface area contributed by atoms with Gasteiger partial charge in [-0.25, -0.2) is 0 Å². The molecule has 1 saturated heterocycles. The largest absolute Gasteiger partial charge is 0.299 e. The molecule has 108 valence electrons. The Kier molecular flexibility index (Phi) is 5.27. The van der Waals surface area contributed by atoms with Gasteiger partial charge in [0.1, 0.15) is 0 Å². The van der Waals surface area contributed by atoms with E-state index >= 15 is 0 Å². The molecule has 2 aliphatic rings. The molecule has 2 rings (SSSR count). The number of rotatable bonds is 5. The zero-order chi connectivity index (χ0) is 13.8. The average molecular weight is 261 g/mol. The zero-order valence-corrected chi connectivity index (χ0v) is 13.0.